The topological polar surface area (TPSA) is 35.6 Å². The highest BCUT2D eigenvalue weighted by Gasteiger charge is 2.15. The van der Waals surface area contributed by atoms with Crippen LogP contribution in [0.5, 0.6) is 0 Å². The van der Waals surface area contributed by atoms with Gasteiger partial charge in [-0.1, -0.05) is 30.3 Å². The molecule has 1 amide bonds. The maximum atomic E-state index is 12.5. The van der Waals surface area contributed by atoms with E-state index >= 15 is 0 Å². The van der Waals surface area contributed by atoms with E-state index in [1.807, 2.05) is 30.3 Å². The average molecular weight is 366 g/mol. The SMILES string of the molecule is CC(C)N(CC(=O)Nc1ccc(N2CCCCC2)cc1)Cc1ccccc1. The number of piperidine rings is 1. The first-order valence-electron chi connectivity index (χ1n) is 10.0. The number of hydrogen-bond donors (Lipinski definition) is 1. The molecule has 1 heterocycles. The van der Waals surface area contributed by atoms with Crippen molar-refractivity contribution in [3.05, 3.63) is 60.2 Å². The first kappa shape index (κ1) is 19.4. The first-order valence-corrected chi connectivity index (χ1v) is 10.0. The Hall–Kier alpha value is -2.33. The molecular weight excluding hydrogens is 334 g/mol. The monoisotopic (exact) mass is 365 g/mol. The van der Waals surface area contributed by atoms with Crippen molar-refractivity contribution >= 4 is 17.3 Å². The van der Waals surface area contributed by atoms with E-state index in [1.165, 1.54) is 30.5 Å². The number of carbonyl (C=O) groups excluding carboxylic acids is 1. The van der Waals surface area contributed by atoms with Crippen LogP contribution in [-0.4, -0.2) is 36.5 Å². The van der Waals surface area contributed by atoms with Crippen molar-refractivity contribution in [2.75, 3.05) is 29.9 Å². The third kappa shape index (κ3) is 5.83. The number of amides is 1. The van der Waals surface area contributed by atoms with Gasteiger partial charge in [0.1, 0.15) is 0 Å². The Morgan fingerprint density at radius 3 is 2.30 bits per heavy atom. The van der Waals surface area contributed by atoms with Gasteiger partial charge < -0.3 is 10.2 Å². The van der Waals surface area contributed by atoms with Crippen LogP contribution in [0, 0.1) is 0 Å². The van der Waals surface area contributed by atoms with E-state index < -0.39 is 0 Å². The standard InChI is InChI=1S/C23H31N3O/c1-19(2)26(17-20-9-5-3-6-10-20)18-23(27)24-21-11-13-22(14-12-21)25-15-7-4-8-16-25/h3,5-6,9-14,19H,4,7-8,15-18H2,1-2H3,(H,24,27). The second-order valence-corrected chi connectivity index (χ2v) is 7.63. The minimum Gasteiger partial charge on any atom is -0.372 e. The zero-order valence-corrected chi connectivity index (χ0v) is 16.5. The number of anilines is 2. The van der Waals surface area contributed by atoms with Gasteiger partial charge in [-0.25, -0.2) is 0 Å². The second-order valence-electron chi connectivity index (χ2n) is 7.63. The molecule has 0 atom stereocenters. The number of nitrogens with zero attached hydrogens (tertiary/aromatic N) is 2. The molecule has 0 aromatic heterocycles. The van der Waals surface area contributed by atoms with E-state index in [0.29, 0.717) is 12.6 Å². The fourth-order valence-electron chi connectivity index (χ4n) is 3.53. The van der Waals surface area contributed by atoms with Gasteiger partial charge in [-0.2, -0.15) is 0 Å². The van der Waals surface area contributed by atoms with Crippen molar-refractivity contribution in [3.63, 3.8) is 0 Å². The molecule has 2 aromatic rings. The van der Waals surface area contributed by atoms with Crippen LogP contribution in [0.15, 0.2) is 54.6 Å². The Balaban J connectivity index is 1.55. The summed E-state index contributed by atoms with van der Waals surface area (Å²) in [6.07, 6.45) is 3.87. The van der Waals surface area contributed by atoms with E-state index in [-0.39, 0.29) is 5.91 Å². The minimum absolute atomic E-state index is 0.0327. The van der Waals surface area contributed by atoms with Gasteiger partial charge in [0.05, 0.1) is 6.54 Å². The van der Waals surface area contributed by atoms with E-state index in [0.717, 1.165) is 25.3 Å². The highest BCUT2D eigenvalue weighted by molar-refractivity contribution is 5.92. The Bertz CT molecular complexity index is 706. The van der Waals surface area contributed by atoms with Crippen LogP contribution >= 0.6 is 0 Å². The maximum absolute atomic E-state index is 12.5. The molecule has 144 valence electrons. The molecule has 1 N–H and O–H groups in total. The lowest BCUT2D eigenvalue weighted by Crippen LogP contribution is -2.37. The van der Waals surface area contributed by atoms with Crippen molar-refractivity contribution < 1.29 is 4.79 Å². The van der Waals surface area contributed by atoms with Gasteiger partial charge in [0, 0.05) is 37.1 Å². The smallest absolute Gasteiger partial charge is 0.238 e. The Kier molecular flexibility index (Phi) is 6.88. The second kappa shape index (κ2) is 9.56. The lowest BCUT2D eigenvalue weighted by Gasteiger charge is -2.29. The van der Waals surface area contributed by atoms with Gasteiger partial charge >= 0.3 is 0 Å². The summed E-state index contributed by atoms with van der Waals surface area (Å²) in [5, 5.41) is 3.04. The summed E-state index contributed by atoms with van der Waals surface area (Å²) in [6.45, 7) is 7.69. The van der Waals surface area contributed by atoms with Gasteiger partial charge in [0.25, 0.3) is 0 Å². The molecule has 1 aliphatic heterocycles. The van der Waals surface area contributed by atoms with Crippen molar-refractivity contribution in [3.8, 4) is 0 Å². The predicted molar refractivity (Wildman–Crippen MR) is 113 cm³/mol. The molecule has 0 saturated carbocycles. The maximum Gasteiger partial charge on any atom is 0.238 e. The lowest BCUT2D eigenvalue weighted by molar-refractivity contribution is -0.117. The summed E-state index contributed by atoms with van der Waals surface area (Å²) in [6, 6.07) is 18.9. The number of carbonyl (C=O) groups is 1. The highest BCUT2D eigenvalue weighted by atomic mass is 16.2. The molecule has 1 saturated heterocycles. The molecule has 0 bridgehead atoms. The summed E-state index contributed by atoms with van der Waals surface area (Å²) >= 11 is 0. The van der Waals surface area contributed by atoms with Crippen LogP contribution < -0.4 is 10.2 Å². The van der Waals surface area contributed by atoms with E-state index in [9.17, 15) is 4.79 Å². The van der Waals surface area contributed by atoms with Gasteiger partial charge in [-0.15, -0.1) is 0 Å². The van der Waals surface area contributed by atoms with Gasteiger partial charge in [0.2, 0.25) is 5.91 Å². The molecule has 4 heteroatoms. The molecule has 0 unspecified atom stereocenters. The molecule has 27 heavy (non-hydrogen) atoms. The Morgan fingerprint density at radius 1 is 1.00 bits per heavy atom. The van der Waals surface area contributed by atoms with Crippen molar-refractivity contribution in [1.82, 2.24) is 4.90 Å². The third-order valence-corrected chi connectivity index (χ3v) is 5.18. The molecular formula is C23H31N3O. The fourth-order valence-corrected chi connectivity index (χ4v) is 3.53. The van der Waals surface area contributed by atoms with Crippen LogP contribution in [0.25, 0.3) is 0 Å². The zero-order chi connectivity index (χ0) is 19.1. The van der Waals surface area contributed by atoms with Gasteiger partial charge in [0.15, 0.2) is 0 Å². The molecule has 1 fully saturated rings. The van der Waals surface area contributed by atoms with E-state index in [2.05, 4.69) is 53.2 Å². The first-order chi connectivity index (χ1) is 13.1. The highest BCUT2D eigenvalue weighted by Crippen LogP contribution is 2.21. The lowest BCUT2D eigenvalue weighted by atomic mass is 10.1. The van der Waals surface area contributed by atoms with E-state index in [4.69, 9.17) is 0 Å². The molecule has 0 radical (unpaired) electrons. The Morgan fingerprint density at radius 2 is 1.67 bits per heavy atom. The van der Waals surface area contributed by atoms with Gasteiger partial charge in [-0.3, -0.25) is 9.69 Å². The largest absolute Gasteiger partial charge is 0.372 e. The molecule has 0 spiro atoms. The molecule has 4 nitrogen and oxygen atoms in total. The van der Waals surface area contributed by atoms with E-state index in [1.54, 1.807) is 0 Å². The zero-order valence-electron chi connectivity index (χ0n) is 16.5. The summed E-state index contributed by atoms with van der Waals surface area (Å²) in [5.74, 6) is 0.0327. The fraction of sp³-hybridized carbons (Fsp3) is 0.435. The minimum atomic E-state index is 0.0327. The quantitative estimate of drug-likeness (QED) is 0.783. The van der Waals surface area contributed by atoms with Crippen LogP contribution in [0.3, 0.4) is 0 Å². The summed E-state index contributed by atoms with van der Waals surface area (Å²) < 4.78 is 0. The third-order valence-electron chi connectivity index (χ3n) is 5.18. The summed E-state index contributed by atoms with van der Waals surface area (Å²) in [7, 11) is 0. The molecule has 3 rings (SSSR count). The van der Waals surface area contributed by atoms with Crippen LogP contribution in [0.4, 0.5) is 11.4 Å². The summed E-state index contributed by atoms with van der Waals surface area (Å²) in [5.41, 5.74) is 3.34. The number of nitrogens with one attached hydrogen (secondary N) is 1. The number of benzene rings is 2. The van der Waals surface area contributed by atoms with Gasteiger partial charge in [-0.05, 0) is 62.9 Å². The predicted octanol–water partition coefficient (Wildman–Crippen LogP) is 4.53. The number of hydrogen-bond acceptors (Lipinski definition) is 3. The summed E-state index contributed by atoms with van der Waals surface area (Å²) in [4.78, 5) is 17.2. The van der Waals surface area contributed by atoms with Crippen molar-refractivity contribution in [2.45, 2.75) is 45.7 Å². The molecule has 0 aliphatic carbocycles. The van der Waals surface area contributed by atoms with Crippen LogP contribution in [0.1, 0.15) is 38.7 Å². The normalized spacial score (nSPS) is 14.6. The van der Waals surface area contributed by atoms with Crippen LogP contribution in [-0.2, 0) is 11.3 Å². The number of rotatable bonds is 7. The average Bonchev–Trinajstić information content (AvgIpc) is 2.69. The van der Waals surface area contributed by atoms with Crippen molar-refractivity contribution in [1.29, 1.82) is 0 Å². The molecule has 1 aliphatic rings. The Labute approximate surface area is 163 Å². The van der Waals surface area contributed by atoms with Crippen LogP contribution in [0.2, 0.25) is 0 Å². The molecule has 2 aromatic carbocycles. The van der Waals surface area contributed by atoms with Crippen molar-refractivity contribution in [2.24, 2.45) is 0 Å².